The molecular formula is C14H19N3O. The Balaban J connectivity index is 1.88. The fourth-order valence-electron chi connectivity index (χ4n) is 2.22. The molecule has 2 rings (SSSR count). The van der Waals surface area contributed by atoms with Gasteiger partial charge in [-0.1, -0.05) is 18.1 Å². The summed E-state index contributed by atoms with van der Waals surface area (Å²) in [6, 6.07) is 5.95. The van der Waals surface area contributed by atoms with Gasteiger partial charge in [0.2, 0.25) is 0 Å². The molecule has 2 aromatic rings. The maximum Gasteiger partial charge on any atom is 0.137 e. The van der Waals surface area contributed by atoms with E-state index in [0.717, 1.165) is 30.2 Å². The van der Waals surface area contributed by atoms with E-state index in [9.17, 15) is 0 Å². The van der Waals surface area contributed by atoms with Gasteiger partial charge in [0.25, 0.3) is 0 Å². The number of pyridine rings is 1. The second kappa shape index (κ2) is 5.78. The van der Waals surface area contributed by atoms with Crippen molar-refractivity contribution in [3.8, 4) is 0 Å². The van der Waals surface area contributed by atoms with Gasteiger partial charge in [0.15, 0.2) is 0 Å². The summed E-state index contributed by atoms with van der Waals surface area (Å²) in [7, 11) is 0. The summed E-state index contributed by atoms with van der Waals surface area (Å²) in [5.41, 5.74) is 3.26. The Labute approximate surface area is 107 Å². The highest BCUT2D eigenvalue weighted by Crippen LogP contribution is 2.22. The van der Waals surface area contributed by atoms with Crippen molar-refractivity contribution in [2.75, 3.05) is 6.54 Å². The smallest absolute Gasteiger partial charge is 0.137 e. The first-order valence-corrected chi connectivity index (χ1v) is 6.22. The molecule has 0 radical (unpaired) electrons. The van der Waals surface area contributed by atoms with Crippen LogP contribution in [-0.2, 0) is 6.54 Å². The lowest BCUT2D eigenvalue weighted by Crippen LogP contribution is -2.20. The van der Waals surface area contributed by atoms with Crippen LogP contribution in [0.3, 0.4) is 0 Å². The zero-order valence-electron chi connectivity index (χ0n) is 11.1. The lowest BCUT2D eigenvalue weighted by atomic mass is 9.99. The predicted octanol–water partition coefficient (Wildman–Crippen LogP) is 2.58. The number of hydrogen-bond donors (Lipinski definition) is 1. The van der Waals surface area contributed by atoms with Crippen LogP contribution in [0.2, 0.25) is 0 Å². The van der Waals surface area contributed by atoms with Crippen LogP contribution in [0.5, 0.6) is 0 Å². The Morgan fingerprint density at radius 2 is 2.17 bits per heavy atom. The number of nitrogens with one attached hydrogen (secondary N) is 1. The molecule has 0 bridgehead atoms. The second-order valence-electron chi connectivity index (χ2n) is 4.59. The number of nitrogens with zero attached hydrogens (tertiary/aromatic N) is 2. The zero-order chi connectivity index (χ0) is 13.0. The Morgan fingerprint density at radius 1 is 1.33 bits per heavy atom. The summed E-state index contributed by atoms with van der Waals surface area (Å²) in [6.07, 6.45) is 1.81. The molecule has 4 nitrogen and oxygen atoms in total. The minimum atomic E-state index is 0.389. The quantitative estimate of drug-likeness (QED) is 0.879. The molecule has 0 aliphatic carbocycles. The monoisotopic (exact) mass is 245 g/mol. The Hall–Kier alpha value is -1.68. The highest BCUT2D eigenvalue weighted by atomic mass is 16.5. The average Bonchev–Trinajstić information content (AvgIpc) is 2.70. The highest BCUT2D eigenvalue weighted by molar-refractivity contribution is 5.25. The van der Waals surface area contributed by atoms with Gasteiger partial charge in [-0.15, -0.1) is 0 Å². The fourth-order valence-corrected chi connectivity index (χ4v) is 2.22. The molecule has 2 heterocycles. The van der Waals surface area contributed by atoms with E-state index in [1.54, 1.807) is 0 Å². The van der Waals surface area contributed by atoms with E-state index in [2.05, 4.69) is 22.4 Å². The average molecular weight is 245 g/mol. The van der Waals surface area contributed by atoms with Gasteiger partial charge in [0.05, 0.1) is 11.4 Å². The van der Waals surface area contributed by atoms with Crippen molar-refractivity contribution < 1.29 is 4.52 Å². The standard InChI is InChI=1S/C14H19N3O/c1-10(14-11(2)17-18-12(14)3)8-15-9-13-6-4-5-7-16-13/h4-7,10,15H,8-9H2,1-3H3/t10-/m0/s1. The molecule has 0 saturated carbocycles. The number of aryl methyl sites for hydroxylation is 2. The Morgan fingerprint density at radius 3 is 2.78 bits per heavy atom. The van der Waals surface area contributed by atoms with Gasteiger partial charge < -0.3 is 9.84 Å². The second-order valence-corrected chi connectivity index (χ2v) is 4.59. The van der Waals surface area contributed by atoms with Crippen LogP contribution in [0.25, 0.3) is 0 Å². The van der Waals surface area contributed by atoms with Crippen LogP contribution in [-0.4, -0.2) is 16.7 Å². The maximum atomic E-state index is 5.19. The van der Waals surface area contributed by atoms with Crippen molar-refractivity contribution in [2.45, 2.75) is 33.2 Å². The third-order valence-electron chi connectivity index (χ3n) is 3.06. The molecule has 0 fully saturated rings. The summed E-state index contributed by atoms with van der Waals surface area (Å²) in [5, 5.41) is 7.40. The highest BCUT2D eigenvalue weighted by Gasteiger charge is 2.15. The van der Waals surface area contributed by atoms with Crippen LogP contribution in [0.4, 0.5) is 0 Å². The molecule has 4 heteroatoms. The molecule has 0 aliphatic rings. The van der Waals surface area contributed by atoms with Gasteiger partial charge in [-0.3, -0.25) is 4.98 Å². The van der Waals surface area contributed by atoms with Crippen molar-refractivity contribution >= 4 is 0 Å². The molecule has 0 unspecified atom stereocenters. The van der Waals surface area contributed by atoms with Crippen molar-refractivity contribution in [2.24, 2.45) is 0 Å². The molecule has 0 amide bonds. The SMILES string of the molecule is Cc1noc(C)c1[C@@H](C)CNCc1ccccn1. The topological polar surface area (TPSA) is 51.0 Å². The summed E-state index contributed by atoms with van der Waals surface area (Å²) < 4.78 is 5.19. The third-order valence-corrected chi connectivity index (χ3v) is 3.06. The van der Waals surface area contributed by atoms with E-state index in [4.69, 9.17) is 4.52 Å². The molecule has 2 aromatic heterocycles. The summed E-state index contributed by atoms with van der Waals surface area (Å²) >= 11 is 0. The molecule has 0 aromatic carbocycles. The van der Waals surface area contributed by atoms with Crippen LogP contribution < -0.4 is 5.32 Å². The van der Waals surface area contributed by atoms with Gasteiger partial charge in [0.1, 0.15) is 5.76 Å². The third kappa shape index (κ3) is 2.96. The van der Waals surface area contributed by atoms with Crippen molar-refractivity contribution in [3.63, 3.8) is 0 Å². The molecule has 18 heavy (non-hydrogen) atoms. The number of hydrogen-bond acceptors (Lipinski definition) is 4. The summed E-state index contributed by atoms with van der Waals surface area (Å²) in [5.74, 6) is 1.31. The summed E-state index contributed by atoms with van der Waals surface area (Å²) in [6.45, 7) is 7.80. The zero-order valence-corrected chi connectivity index (χ0v) is 11.1. The molecule has 0 aliphatic heterocycles. The van der Waals surface area contributed by atoms with Crippen LogP contribution in [0, 0.1) is 13.8 Å². The molecule has 1 atom stereocenters. The largest absolute Gasteiger partial charge is 0.361 e. The van der Waals surface area contributed by atoms with Gasteiger partial charge in [-0.05, 0) is 31.9 Å². The molecule has 1 N–H and O–H groups in total. The number of aromatic nitrogens is 2. The maximum absolute atomic E-state index is 5.19. The lowest BCUT2D eigenvalue weighted by Gasteiger charge is -2.12. The van der Waals surface area contributed by atoms with Gasteiger partial charge in [-0.25, -0.2) is 0 Å². The van der Waals surface area contributed by atoms with Crippen LogP contribution in [0.15, 0.2) is 28.9 Å². The molecule has 0 spiro atoms. The van der Waals surface area contributed by atoms with Gasteiger partial charge in [-0.2, -0.15) is 0 Å². The molecule has 96 valence electrons. The normalized spacial score (nSPS) is 12.6. The number of rotatable bonds is 5. The van der Waals surface area contributed by atoms with E-state index in [1.807, 2.05) is 38.2 Å². The first kappa shape index (κ1) is 12.8. The Bertz CT molecular complexity index is 473. The van der Waals surface area contributed by atoms with Crippen molar-refractivity contribution in [1.29, 1.82) is 0 Å². The van der Waals surface area contributed by atoms with Gasteiger partial charge in [0, 0.05) is 24.8 Å². The fraction of sp³-hybridized carbons (Fsp3) is 0.429. The minimum Gasteiger partial charge on any atom is -0.361 e. The van der Waals surface area contributed by atoms with E-state index in [1.165, 1.54) is 5.56 Å². The summed E-state index contributed by atoms with van der Waals surface area (Å²) in [4.78, 5) is 4.28. The lowest BCUT2D eigenvalue weighted by molar-refractivity contribution is 0.391. The van der Waals surface area contributed by atoms with E-state index >= 15 is 0 Å². The van der Waals surface area contributed by atoms with Gasteiger partial charge >= 0.3 is 0 Å². The molecule has 0 saturated heterocycles. The van der Waals surface area contributed by atoms with Crippen LogP contribution >= 0.6 is 0 Å². The van der Waals surface area contributed by atoms with Crippen LogP contribution in [0.1, 0.15) is 35.6 Å². The van der Waals surface area contributed by atoms with Crippen molar-refractivity contribution in [1.82, 2.24) is 15.5 Å². The first-order chi connectivity index (χ1) is 8.68. The van der Waals surface area contributed by atoms with E-state index in [-0.39, 0.29) is 0 Å². The van der Waals surface area contributed by atoms with Crippen molar-refractivity contribution in [3.05, 3.63) is 47.1 Å². The predicted molar refractivity (Wildman–Crippen MR) is 70.3 cm³/mol. The van der Waals surface area contributed by atoms with E-state index < -0.39 is 0 Å². The first-order valence-electron chi connectivity index (χ1n) is 6.22. The molecular weight excluding hydrogens is 226 g/mol. The Kier molecular flexibility index (Phi) is 4.10. The van der Waals surface area contributed by atoms with E-state index in [0.29, 0.717) is 5.92 Å². The minimum absolute atomic E-state index is 0.389.